The summed E-state index contributed by atoms with van der Waals surface area (Å²) >= 11 is 4.93. The highest BCUT2D eigenvalue weighted by atomic mass is 79.9. The van der Waals surface area contributed by atoms with Crippen molar-refractivity contribution in [1.82, 2.24) is 5.32 Å². The Hall–Kier alpha value is -2.18. The second kappa shape index (κ2) is 8.27. The molecule has 0 fully saturated rings. The molecule has 1 heterocycles. The molecule has 0 spiro atoms. The van der Waals surface area contributed by atoms with Gasteiger partial charge in [-0.2, -0.15) is 0 Å². The van der Waals surface area contributed by atoms with Gasteiger partial charge in [0.1, 0.15) is 5.82 Å². The van der Waals surface area contributed by atoms with Gasteiger partial charge in [0.2, 0.25) is 5.91 Å². The average Bonchev–Trinajstić information content (AvgIpc) is 3.14. The van der Waals surface area contributed by atoms with Gasteiger partial charge in [0.25, 0.3) is 0 Å². The fourth-order valence-electron chi connectivity index (χ4n) is 2.39. The lowest BCUT2D eigenvalue weighted by atomic mass is 10.1. The molecule has 0 unspecified atom stereocenters. The van der Waals surface area contributed by atoms with Gasteiger partial charge in [-0.25, -0.2) is 4.39 Å². The van der Waals surface area contributed by atoms with Crippen LogP contribution < -0.4 is 10.6 Å². The zero-order valence-electron chi connectivity index (χ0n) is 13.2. The molecule has 0 aliphatic rings. The Morgan fingerprint density at radius 2 is 1.80 bits per heavy atom. The number of anilines is 1. The van der Waals surface area contributed by atoms with Crippen LogP contribution in [0.2, 0.25) is 0 Å². The Morgan fingerprint density at radius 1 is 1.08 bits per heavy atom. The molecule has 25 heavy (non-hydrogen) atoms. The Kier molecular flexibility index (Phi) is 5.83. The van der Waals surface area contributed by atoms with E-state index in [2.05, 4.69) is 26.6 Å². The predicted molar refractivity (Wildman–Crippen MR) is 103 cm³/mol. The van der Waals surface area contributed by atoms with Gasteiger partial charge in [-0.3, -0.25) is 4.79 Å². The molecule has 0 aliphatic heterocycles. The molecule has 3 rings (SSSR count). The molecule has 3 nitrogen and oxygen atoms in total. The van der Waals surface area contributed by atoms with Gasteiger partial charge in [-0.15, -0.1) is 11.3 Å². The molecule has 1 atom stereocenters. The van der Waals surface area contributed by atoms with Crippen LogP contribution >= 0.6 is 27.3 Å². The summed E-state index contributed by atoms with van der Waals surface area (Å²) < 4.78 is 14.2. The maximum Gasteiger partial charge on any atom is 0.240 e. The minimum atomic E-state index is -0.295. The first-order chi connectivity index (χ1) is 12.1. The third kappa shape index (κ3) is 4.90. The van der Waals surface area contributed by atoms with Gasteiger partial charge in [-0.1, -0.05) is 34.1 Å². The molecule has 1 amide bonds. The Morgan fingerprint density at radius 3 is 2.44 bits per heavy atom. The second-order valence-corrected chi connectivity index (χ2v) is 7.32. The van der Waals surface area contributed by atoms with Crippen molar-refractivity contribution < 1.29 is 9.18 Å². The summed E-state index contributed by atoms with van der Waals surface area (Å²) in [7, 11) is 0. The lowest BCUT2D eigenvalue weighted by molar-refractivity contribution is -0.119. The van der Waals surface area contributed by atoms with E-state index in [9.17, 15) is 9.18 Å². The molecule has 0 saturated heterocycles. The first-order valence-electron chi connectivity index (χ1n) is 7.69. The number of hydrogen-bond donors (Lipinski definition) is 2. The van der Waals surface area contributed by atoms with Gasteiger partial charge in [0, 0.05) is 15.0 Å². The summed E-state index contributed by atoms with van der Waals surface area (Å²) in [6.45, 7) is 0.157. The van der Waals surface area contributed by atoms with Crippen molar-refractivity contribution in [2.45, 2.75) is 6.04 Å². The normalized spacial score (nSPS) is 11.8. The molecule has 6 heteroatoms. The molecule has 0 aliphatic carbocycles. The van der Waals surface area contributed by atoms with E-state index in [1.165, 1.54) is 12.1 Å². The van der Waals surface area contributed by atoms with Gasteiger partial charge in [0.05, 0.1) is 12.6 Å². The summed E-state index contributed by atoms with van der Waals surface area (Å²) in [6, 6.07) is 17.4. The lowest BCUT2D eigenvalue weighted by Crippen LogP contribution is -2.33. The quantitative estimate of drug-likeness (QED) is 0.593. The standard InChI is InChI=1S/C19H16BrFN2OS/c20-14-5-9-16(10-6-14)22-12-18(24)23-19(17-2-1-11-25-17)13-3-7-15(21)8-4-13/h1-11,19,22H,12H2,(H,23,24)/t19-/m0/s1. The van der Waals surface area contributed by atoms with Gasteiger partial charge in [0.15, 0.2) is 0 Å². The largest absolute Gasteiger partial charge is 0.376 e. The van der Waals surface area contributed by atoms with Crippen molar-refractivity contribution in [3.05, 3.63) is 86.8 Å². The van der Waals surface area contributed by atoms with Gasteiger partial charge >= 0.3 is 0 Å². The maximum atomic E-state index is 13.2. The number of amides is 1. The van der Waals surface area contributed by atoms with Gasteiger partial charge in [-0.05, 0) is 53.4 Å². The molecule has 0 bridgehead atoms. The number of nitrogens with one attached hydrogen (secondary N) is 2. The van der Waals surface area contributed by atoms with E-state index in [1.54, 1.807) is 23.5 Å². The van der Waals surface area contributed by atoms with Crippen LogP contribution in [0.3, 0.4) is 0 Å². The van der Waals surface area contributed by atoms with E-state index in [0.717, 1.165) is 20.6 Å². The predicted octanol–water partition coefficient (Wildman–Crippen LogP) is 4.97. The Labute approximate surface area is 158 Å². The zero-order chi connectivity index (χ0) is 17.6. The Bertz CT molecular complexity index is 820. The molecule has 2 N–H and O–H groups in total. The van der Waals surface area contributed by atoms with E-state index >= 15 is 0 Å². The topological polar surface area (TPSA) is 41.1 Å². The summed E-state index contributed by atoms with van der Waals surface area (Å²) in [5.41, 5.74) is 1.72. The van der Waals surface area contributed by atoms with Crippen LogP contribution in [0.5, 0.6) is 0 Å². The fourth-order valence-corrected chi connectivity index (χ4v) is 3.46. The van der Waals surface area contributed by atoms with Crippen molar-refractivity contribution in [2.24, 2.45) is 0 Å². The summed E-state index contributed by atoms with van der Waals surface area (Å²) in [4.78, 5) is 13.4. The van der Waals surface area contributed by atoms with Crippen LogP contribution in [-0.2, 0) is 4.79 Å². The van der Waals surface area contributed by atoms with Crippen molar-refractivity contribution in [1.29, 1.82) is 0 Å². The van der Waals surface area contributed by atoms with Crippen LogP contribution in [0, 0.1) is 5.82 Å². The number of carbonyl (C=O) groups is 1. The highest BCUT2D eigenvalue weighted by molar-refractivity contribution is 9.10. The molecular formula is C19H16BrFN2OS. The van der Waals surface area contributed by atoms with Crippen LogP contribution in [0.25, 0.3) is 0 Å². The summed E-state index contributed by atoms with van der Waals surface area (Å²) in [6.07, 6.45) is 0. The van der Waals surface area contributed by atoms with Crippen LogP contribution in [-0.4, -0.2) is 12.5 Å². The molecule has 3 aromatic rings. The molecule has 2 aromatic carbocycles. The molecular weight excluding hydrogens is 403 g/mol. The van der Waals surface area contributed by atoms with Crippen molar-refractivity contribution in [2.75, 3.05) is 11.9 Å². The first-order valence-corrected chi connectivity index (χ1v) is 9.37. The maximum absolute atomic E-state index is 13.2. The van der Waals surface area contributed by atoms with E-state index in [0.29, 0.717) is 0 Å². The van der Waals surface area contributed by atoms with E-state index < -0.39 is 0 Å². The van der Waals surface area contributed by atoms with E-state index in [4.69, 9.17) is 0 Å². The van der Waals surface area contributed by atoms with Crippen LogP contribution in [0.15, 0.2) is 70.5 Å². The SMILES string of the molecule is O=C(CNc1ccc(Br)cc1)N[C@@H](c1ccc(F)cc1)c1cccs1. The molecule has 0 radical (unpaired) electrons. The van der Waals surface area contributed by atoms with Crippen molar-refractivity contribution in [3.8, 4) is 0 Å². The monoisotopic (exact) mass is 418 g/mol. The van der Waals surface area contributed by atoms with Crippen LogP contribution in [0.4, 0.5) is 10.1 Å². The lowest BCUT2D eigenvalue weighted by Gasteiger charge is -2.18. The summed E-state index contributed by atoms with van der Waals surface area (Å²) in [5.74, 6) is -0.428. The highest BCUT2D eigenvalue weighted by Crippen LogP contribution is 2.26. The summed E-state index contributed by atoms with van der Waals surface area (Å²) in [5, 5.41) is 8.06. The van der Waals surface area contributed by atoms with Gasteiger partial charge < -0.3 is 10.6 Å². The highest BCUT2D eigenvalue weighted by Gasteiger charge is 2.17. The molecule has 0 saturated carbocycles. The van der Waals surface area contributed by atoms with Crippen molar-refractivity contribution in [3.63, 3.8) is 0 Å². The van der Waals surface area contributed by atoms with E-state index in [1.807, 2.05) is 41.8 Å². The minimum absolute atomic E-state index is 0.134. The van der Waals surface area contributed by atoms with Crippen LogP contribution in [0.1, 0.15) is 16.5 Å². The van der Waals surface area contributed by atoms with Crippen molar-refractivity contribution >= 4 is 38.9 Å². The first kappa shape index (κ1) is 17.6. The average molecular weight is 419 g/mol. The smallest absolute Gasteiger partial charge is 0.240 e. The van der Waals surface area contributed by atoms with E-state index in [-0.39, 0.29) is 24.3 Å². The fraction of sp³-hybridized carbons (Fsp3) is 0.105. The number of carbonyl (C=O) groups excluding carboxylic acids is 1. The molecule has 128 valence electrons. The molecule has 1 aromatic heterocycles. The zero-order valence-corrected chi connectivity index (χ0v) is 15.6. The number of benzene rings is 2. The second-order valence-electron chi connectivity index (χ2n) is 5.43. The third-order valence-corrected chi connectivity index (χ3v) is 5.10. The third-order valence-electron chi connectivity index (χ3n) is 3.63. The minimum Gasteiger partial charge on any atom is -0.376 e. The Balaban J connectivity index is 1.68. The number of halogens is 2. The number of rotatable bonds is 6. The number of hydrogen-bond acceptors (Lipinski definition) is 3. The number of thiophene rings is 1.